The fraction of sp³-hybridized carbons (Fsp3) is 0.333. The first-order valence-corrected chi connectivity index (χ1v) is 4.33. The molecule has 0 aliphatic heterocycles. The van der Waals surface area contributed by atoms with Gasteiger partial charge in [0.15, 0.2) is 5.69 Å². The Morgan fingerprint density at radius 1 is 1.50 bits per heavy atom. The van der Waals surface area contributed by atoms with Gasteiger partial charge in [-0.25, -0.2) is 9.59 Å². The zero-order chi connectivity index (χ0) is 12.3. The van der Waals surface area contributed by atoms with Crippen molar-refractivity contribution >= 4 is 17.7 Å². The summed E-state index contributed by atoms with van der Waals surface area (Å²) < 4.78 is 5.71. The van der Waals surface area contributed by atoms with Crippen molar-refractivity contribution in [2.45, 2.75) is 6.42 Å². The highest BCUT2D eigenvalue weighted by molar-refractivity contribution is 6.33. The highest BCUT2D eigenvalue weighted by atomic mass is 16.5. The zero-order valence-electron chi connectivity index (χ0n) is 8.76. The summed E-state index contributed by atoms with van der Waals surface area (Å²) in [7, 11) is 2.72. The van der Waals surface area contributed by atoms with Crippen LogP contribution in [0.25, 0.3) is 0 Å². The van der Waals surface area contributed by atoms with E-state index in [2.05, 4.69) is 9.84 Å². The van der Waals surface area contributed by atoms with Crippen LogP contribution in [0.1, 0.15) is 16.2 Å². The molecule has 0 unspecified atom stereocenters. The summed E-state index contributed by atoms with van der Waals surface area (Å²) in [6.45, 7) is 0. The minimum Gasteiger partial charge on any atom is -0.475 e. The Morgan fingerprint density at radius 2 is 2.12 bits per heavy atom. The number of aryl methyl sites for hydroxylation is 1. The molecule has 0 bridgehead atoms. The lowest BCUT2D eigenvalue weighted by Crippen LogP contribution is -2.16. The van der Waals surface area contributed by atoms with E-state index in [0.29, 0.717) is 5.69 Å². The summed E-state index contributed by atoms with van der Waals surface area (Å²) in [5, 5.41) is 12.2. The average molecular weight is 226 g/mol. The standard InChI is InChI=1S/C9H10N2O5/c1-11-5(4-7(12)8(13)14)3-6(10-11)9(15)16-2/h3H,4H2,1-2H3,(H,13,14). The first-order chi connectivity index (χ1) is 7.45. The Balaban J connectivity index is 2.90. The van der Waals surface area contributed by atoms with Gasteiger partial charge in [-0.1, -0.05) is 0 Å². The molecule has 0 amide bonds. The Morgan fingerprint density at radius 3 is 2.62 bits per heavy atom. The molecule has 0 radical (unpaired) electrons. The Hall–Kier alpha value is -2.18. The van der Waals surface area contributed by atoms with Gasteiger partial charge in [-0.3, -0.25) is 9.48 Å². The lowest BCUT2D eigenvalue weighted by atomic mass is 10.2. The number of ketones is 1. The Bertz CT molecular complexity index is 449. The monoisotopic (exact) mass is 226 g/mol. The van der Waals surface area contributed by atoms with Gasteiger partial charge in [0.2, 0.25) is 5.78 Å². The molecule has 1 N–H and O–H groups in total. The number of rotatable bonds is 4. The molecule has 1 aromatic heterocycles. The molecule has 0 atom stereocenters. The summed E-state index contributed by atoms with van der Waals surface area (Å²) in [6.07, 6.45) is -0.310. The van der Waals surface area contributed by atoms with Crippen LogP contribution in [0.5, 0.6) is 0 Å². The summed E-state index contributed by atoms with van der Waals surface area (Å²) >= 11 is 0. The number of carboxylic acids is 1. The minimum atomic E-state index is -1.51. The quantitative estimate of drug-likeness (QED) is 0.543. The summed E-state index contributed by atoms with van der Waals surface area (Å²) in [5.74, 6) is -3.11. The molecule has 1 rings (SSSR count). The van der Waals surface area contributed by atoms with E-state index >= 15 is 0 Å². The minimum absolute atomic E-state index is 0.0400. The molecule has 0 spiro atoms. The largest absolute Gasteiger partial charge is 0.475 e. The molecule has 0 saturated carbocycles. The van der Waals surface area contributed by atoms with Crippen LogP contribution >= 0.6 is 0 Å². The normalized spacial score (nSPS) is 9.88. The molecule has 1 heterocycles. The van der Waals surface area contributed by atoms with Crippen LogP contribution in [0.15, 0.2) is 6.07 Å². The SMILES string of the molecule is COC(=O)c1cc(CC(=O)C(=O)O)n(C)n1. The summed E-state index contributed by atoms with van der Waals surface area (Å²) in [5.41, 5.74) is 0.381. The third-order valence-corrected chi connectivity index (χ3v) is 1.95. The second-order valence-electron chi connectivity index (χ2n) is 3.04. The molecule has 0 aliphatic carbocycles. The molecule has 7 heteroatoms. The second kappa shape index (κ2) is 4.56. The molecule has 1 aromatic rings. The number of ether oxygens (including phenoxy) is 1. The van der Waals surface area contributed by atoms with Crippen LogP contribution in [0.4, 0.5) is 0 Å². The predicted molar refractivity (Wildman–Crippen MR) is 50.9 cm³/mol. The van der Waals surface area contributed by atoms with Crippen molar-refractivity contribution in [2.24, 2.45) is 7.05 Å². The van der Waals surface area contributed by atoms with E-state index in [1.807, 2.05) is 0 Å². The van der Waals surface area contributed by atoms with Crippen molar-refractivity contribution < 1.29 is 24.2 Å². The van der Waals surface area contributed by atoms with Gasteiger partial charge in [-0.15, -0.1) is 0 Å². The second-order valence-corrected chi connectivity index (χ2v) is 3.04. The first-order valence-electron chi connectivity index (χ1n) is 4.33. The maximum Gasteiger partial charge on any atom is 0.372 e. The number of esters is 1. The highest BCUT2D eigenvalue weighted by Gasteiger charge is 2.18. The predicted octanol–water partition coefficient (Wildman–Crippen LogP) is -0.597. The van der Waals surface area contributed by atoms with Crippen LogP contribution in [0.3, 0.4) is 0 Å². The van der Waals surface area contributed by atoms with Crippen molar-refractivity contribution in [1.29, 1.82) is 0 Å². The molecule has 86 valence electrons. The van der Waals surface area contributed by atoms with Gasteiger partial charge < -0.3 is 9.84 Å². The van der Waals surface area contributed by atoms with Gasteiger partial charge in [0.25, 0.3) is 0 Å². The van der Waals surface area contributed by atoms with Crippen LogP contribution in [0, 0.1) is 0 Å². The molecule has 0 aliphatic rings. The number of nitrogens with zero attached hydrogens (tertiary/aromatic N) is 2. The molecule has 0 fully saturated rings. The van der Waals surface area contributed by atoms with Crippen molar-refractivity contribution in [3.63, 3.8) is 0 Å². The van der Waals surface area contributed by atoms with E-state index < -0.39 is 17.7 Å². The fourth-order valence-corrected chi connectivity index (χ4v) is 1.12. The lowest BCUT2D eigenvalue weighted by Gasteiger charge is -1.96. The van der Waals surface area contributed by atoms with Crippen LogP contribution in [0.2, 0.25) is 0 Å². The number of aliphatic carboxylic acids is 1. The van der Waals surface area contributed by atoms with E-state index in [-0.39, 0.29) is 12.1 Å². The number of Topliss-reactive ketones (excluding diaryl/α,β-unsaturated/α-hetero) is 1. The number of carbonyl (C=O) groups is 3. The average Bonchev–Trinajstić information content (AvgIpc) is 2.59. The van der Waals surface area contributed by atoms with E-state index in [1.165, 1.54) is 24.9 Å². The van der Waals surface area contributed by atoms with Gasteiger partial charge in [0.05, 0.1) is 13.5 Å². The van der Waals surface area contributed by atoms with Gasteiger partial charge in [0.1, 0.15) is 0 Å². The highest BCUT2D eigenvalue weighted by Crippen LogP contribution is 2.05. The third-order valence-electron chi connectivity index (χ3n) is 1.95. The molecule has 0 aromatic carbocycles. The third kappa shape index (κ3) is 2.44. The van der Waals surface area contributed by atoms with Crippen molar-refractivity contribution in [3.05, 3.63) is 17.5 Å². The molecule has 0 saturated heterocycles. The molecular formula is C9H10N2O5. The summed E-state index contributed by atoms with van der Waals surface area (Å²) in [6, 6.07) is 1.33. The van der Waals surface area contributed by atoms with E-state index in [9.17, 15) is 14.4 Å². The summed E-state index contributed by atoms with van der Waals surface area (Å²) in [4.78, 5) is 32.4. The molecular weight excluding hydrogens is 216 g/mol. The topological polar surface area (TPSA) is 98.5 Å². The lowest BCUT2D eigenvalue weighted by molar-refractivity contribution is -0.148. The van der Waals surface area contributed by atoms with Crippen molar-refractivity contribution in [3.8, 4) is 0 Å². The molecule has 7 nitrogen and oxygen atoms in total. The number of methoxy groups -OCH3 is 1. The van der Waals surface area contributed by atoms with Crippen LogP contribution in [-0.4, -0.2) is 39.7 Å². The first kappa shape index (κ1) is 11.9. The maximum absolute atomic E-state index is 11.1. The Kier molecular flexibility index (Phi) is 3.39. The smallest absolute Gasteiger partial charge is 0.372 e. The zero-order valence-corrected chi connectivity index (χ0v) is 8.76. The number of hydrogen-bond acceptors (Lipinski definition) is 5. The van der Waals surface area contributed by atoms with E-state index in [4.69, 9.17) is 5.11 Å². The number of aromatic nitrogens is 2. The maximum atomic E-state index is 11.1. The van der Waals surface area contributed by atoms with Gasteiger partial charge >= 0.3 is 11.9 Å². The van der Waals surface area contributed by atoms with Gasteiger partial charge in [0, 0.05) is 12.7 Å². The van der Waals surface area contributed by atoms with Crippen molar-refractivity contribution in [1.82, 2.24) is 9.78 Å². The van der Waals surface area contributed by atoms with Gasteiger partial charge in [-0.05, 0) is 6.07 Å². The van der Waals surface area contributed by atoms with Crippen molar-refractivity contribution in [2.75, 3.05) is 7.11 Å². The fourth-order valence-electron chi connectivity index (χ4n) is 1.12. The van der Waals surface area contributed by atoms with Gasteiger partial charge in [-0.2, -0.15) is 5.10 Å². The number of hydrogen-bond donors (Lipinski definition) is 1. The van der Waals surface area contributed by atoms with Crippen LogP contribution in [-0.2, 0) is 27.8 Å². The Labute approximate surface area is 90.6 Å². The number of carbonyl (C=O) groups excluding carboxylic acids is 2. The molecule has 16 heavy (non-hydrogen) atoms. The van der Waals surface area contributed by atoms with E-state index in [0.717, 1.165) is 0 Å². The van der Waals surface area contributed by atoms with E-state index in [1.54, 1.807) is 0 Å². The number of carboxylic acid groups (broad SMARTS) is 1. The van der Waals surface area contributed by atoms with Crippen LogP contribution < -0.4 is 0 Å².